The minimum Gasteiger partial charge on any atom is -0.319 e. The van der Waals surface area contributed by atoms with Crippen molar-refractivity contribution in [2.75, 3.05) is 0 Å². The third kappa shape index (κ3) is 9.07. The molecule has 0 N–H and O–H groups in total. The van der Waals surface area contributed by atoms with Crippen LogP contribution in [0.2, 0.25) is 0 Å². The number of nitrogens with zero attached hydrogens (tertiary/aromatic N) is 11. The van der Waals surface area contributed by atoms with Crippen molar-refractivity contribution in [1.29, 1.82) is 21.0 Å². The van der Waals surface area contributed by atoms with Crippen LogP contribution in [-0.4, -0.2) is 9.13 Å². The van der Waals surface area contributed by atoms with Crippen molar-refractivity contribution in [2.24, 2.45) is 0 Å². The van der Waals surface area contributed by atoms with E-state index in [1.165, 1.54) is 30.3 Å². The summed E-state index contributed by atoms with van der Waals surface area (Å²) in [5.41, 5.74) is 8.93. The molecule has 85 heavy (non-hydrogen) atoms. The molecule has 0 aliphatic carbocycles. The zero-order valence-electron chi connectivity index (χ0n) is 44.3. The molecule has 2 aromatic heterocycles. The van der Waals surface area contributed by atoms with Gasteiger partial charge in [-0.3, -0.25) is 0 Å². The van der Waals surface area contributed by atoms with Crippen molar-refractivity contribution in [3.05, 3.63) is 266 Å². The van der Waals surface area contributed by atoms with Crippen LogP contribution in [0, 0.1) is 85.1 Å². The van der Waals surface area contributed by atoms with Crippen molar-refractivity contribution in [3.63, 3.8) is 0 Å². The molecule has 0 bridgehead atoms. The zero-order valence-corrected chi connectivity index (χ0v) is 44.3. The van der Waals surface area contributed by atoms with Crippen LogP contribution in [0.3, 0.4) is 0 Å². The number of aryl methyl sites for hydroxylation is 1. The smallest absolute Gasteiger partial charge is 0.319 e. The second-order valence-corrected chi connectivity index (χ2v) is 20.0. The minimum atomic E-state index is -4.86. The summed E-state index contributed by atoms with van der Waals surface area (Å²) >= 11 is 0. The van der Waals surface area contributed by atoms with Gasteiger partial charge >= 0.3 is 6.18 Å². The molecule has 0 aliphatic rings. The maximum Gasteiger partial charge on any atom is 0.417 e. The van der Waals surface area contributed by atoms with Gasteiger partial charge in [0, 0.05) is 55.0 Å². The Hall–Kier alpha value is -13.0. The fourth-order valence-electron chi connectivity index (χ4n) is 11.4. The van der Waals surface area contributed by atoms with Crippen LogP contribution in [-0.2, 0) is 6.18 Å². The fraction of sp³-hybridized carbons (Fsp3) is 0.0282. The maximum absolute atomic E-state index is 15.8. The summed E-state index contributed by atoms with van der Waals surface area (Å²) in [5.74, 6) is 0. The Balaban J connectivity index is 1.20. The first-order valence-corrected chi connectivity index (χ1v) is 25.8. The number of nitriles is 4. The molecule has 0 atom stereocenters. The first-order valence-electron chi connectivity index (χ1n) is 25.8. The predicted molar refractivity (Wildman–Crippen MR) is 322 cm³/mol. The van der Waals surface area contributed by atoms with E-state index in [4.69, 9.17) is 32.9 Å². The van der Waals surface area contributed by atoms with Gasteiger partial charge in [-0.05, 0) is 202 Å². The normalized spacial score (nSPS) is 11.0. The molecule has 0 fully saturated rings. The van der Waals surface area contributed by atoms with Gasteiger partial charge in [-0.25, -0.2) is 24.2 Å². The Labute approximate surface area is 483 Å². The Morgan fingerprint density at radius 1 is 0.376 bits per heavy atom. The lowest BCUT2D eigenvalue weighted by Crippen LogP contribution is -2.10. The molecular weight excluding hydrogens is 1060 g/mol. The van der Waals surface area contributed by atoms with Gasteiger partial charge in [0.2, 0.25) is 5.69 Å². The number of benzene rings is 10. The monoisotopic (exact) mass is 1100 g/mol. The number of alkyl halides is 3. The number of halogens is 3. The lowest BCUT2D eigenvalue weighted by Gasteiger charge is -2.22. The average Bonchev–Trinajstić information content (AvgIpc) is 1.92. The zero-order chi connectivity index (χ0) is 59.4. The summed E-state index contributed by atoms with van der Waals surface area (Å²) < 4.78 is 51.1. The number of hydrogen-bond acceptors (Lipinski definition) is 4. The molecule has 0 unspecified atom stereocenters. The van der Waals surface area contributed by atoms with Crippen LogP contribution < -0.4 is 0 Å². The molecule has 14 heteroatoms. The van der Waals surface area contributed by atoms with E-state index < -0.39 is 11.7 Å². The SMILES string of the molecule is [C-]#[N+]c1cc(C#N)cc(-c2ccc3c(c2)c2cc(-c4cc(C#N)cc([N+]#[C-])c4)ccc2n3-c2cc(-c3c(C)cccc3C(F)(F)F)c(-n3c4ccc(-c5cc(C#N)cc([N+]#[C-])c5)cc4c4cc(-c5cc(C#N)cc([N+]#[C-])c5)ccc43)cc2[N+]#[C-])c1. The fourth-order valence-corrected chi connectivity index (χ4v) is 11.4. The maximum atomic E-state index is 15.8. The Bertz CT molecular complexity index is 4990. The molecule has 12 rings (SSSR count). The van der Waals surface area contributed by atoms with Crippen LogP contribution in [0.25, 0.3) is 135 Å². The Kier molecular flexibility index (Phi) is 12.8. The summed E-state index contributed by atoms with van der Waals surface area (Å²) in [7, 11) is 0. The van der Waals surface area contributed by atoms with E-state index in [1.54, 1.807) is 85.8 Å². The molecule has 392 valence electrons. The first-order chi connectivity index (χ1) is 41.2. The number of hydrogen-bond donors (Lipinski definition) is 0. The largest absolute Gasteiger partial charge is 0.417 e. The number of aromatic nitrogens is 2. The van der Waals surface area contributed by atoms with Gasteiger partial charge in [0.1, 0.15) is 0 Å². The van der Waals surface area contributed by atoms with Crippen LogP contribution in [0.1, 0.15) is 33.4 Å². The van der Waals surface area contributed by atoms with E-state index >= 15 is 13.2 Å². The summed E-state index contributed by atoms with van der Waals surface area (Å²) in [5, 5.41) is 42.4. The van der Waals surface area contributed by atoms with Crippen LogP contribution >= 0.6 is 0 Å². The van der Waals surface area contributed by atoms with E-state index in [9.17, 15) is 21.0 Å². The standard InChI is InChI=1S/C71H32F3N11/c1-40-8-7-9-62(71(72,73)74)70(40)61-34-69(85-66-16-12-47(51-20-43(38-77)24-55(28-51)81-4)32-59(66)60-33-48(13-17-67(60)85)52-21-44(39-78)25-56(29-52)82-5)63(83-6)35-68(61)84-64-14-10-45(49-18-41(36-75)22-53(26-49)79-2)30-57(64)58-31-46(11-15-65(58)84)50-19-42(37-76)23-54(27-50)80-3/h7-35H,1H3. The Morgan fingerprint density at radius 3 is 1.02 bits per heavy atom. The molecule has 11 nitrogen and oxygen atoms in total. The molecule has 0 saturated carbocycles. The molecule has 12 aromatic rings. The molecule has 10 aromatic carbocycles. The molecule has 0 radical (unpaired) electrons. The third-order valence-corrected chi connectivity index (χ3v) is 15.1. The quantitative estimate of drug-likeness (QED) is 0.147. The average molecular weight is 1100 g/mol. The minimum absolute atomic E-state index is 0.0583. The lowest BCUT2D eigenvalue weighted by atomic mass is 9.92. The number of rotatable bonds is 7. The number of fused-ring (bicyclic) bond motifs is 6. The highest BCUT2D eigenvalue weighted by Crippen LogP contribution is 2.49. The Morgan fingerprint density at radius 2 is 0.718 bits per heavy atom. The second-order valence-electron chi connectivity index (χ2n) is 20.0. The van der Waals surface area contributed by atoms with E-state index in [-0.39, 0.29) is 78.8 Å². The van der Waals surface area contributed by atoms with Crippen LogP contribution in [0.5, 0.6) is 0 Å². The van der Waals surface area contributed by atoms with Crippen LogP contribution in [0.4, 0.5) is 41.6 Å². The summed E-state index contributed by atoms with van der Waals surface area (Å²) in [6.45, 7) is 41.7. The highest BCUT2D eigenvalue weighted by Gasteiger charge is 2.36. The van der Waals surface area contributed by atoms with Crippen molar-refractivity contribution < 1.29 is 13.2 Å². The van der Waals surface area contributed by atoms with E-state index in [0.29, 0.717) is 88.1 Å². The lowest BCUT2D eigenvalue weighted by molar-refractivity contribution is -0.137. The molecular formula is C71H32F3N11. The molecule has 0 aliphatic heterocycles. The van der Waals surface area contributed by atoms with Crippen LogP contribution in [0.15, 0.2) is 176 Å². The van der Waals surface area contributed by atoms with Gasteiger partial charge in [-0.1, -0.05) is 36.4 Å². The van der Waals surface area contributed by atoms with Crippen molar-refractivity contribution in [3.8, 4) is 91.3 Å². The molecule has 0 spiro atoms. The summed E-state index contributed by atoms with van der Waals surface area (Å²) in [6.07, 6.45) is -4.86. The van der Waals surface area contributed by atoms with Gasteiger partial charge in [0.25, 0.3) is 0 Å². The van der Waals surface area contributed by atoms with E-state index in [1.807, 2.05) is 69.8 Å². The molecule has 0 saturated heterocycles. The highest BCUT2D eigenvalue weighted by molar-refractivity contribution is 6.14. The van der Waals surface area contributed by atoms with Crippen molar-refractivity contribution in [1.82, 2.24) is 9.13 Å². The van der Waals surface area contributed by atoms with Gasteiger partial charge in [0.05, 0.1) is 90.5 Å². The van der Waals surface area contributed by atoms with Gasteiger partial charge in [-0.2, -0.15) is 34.2 Å². The van der Waals surface area contributed by atoms with E-state index in [0.717, 1.165) is 6.07 Å². The summed E-state index contributed by atoms with van der Waals surface area (Å²) in [4.78, 5) is 18.6. The van der Waals surface area contributed by atoms with Crippen molar-refractivity contribution in [2.45, 2.75) is 13.1 Å². The van der Waals surface area contributed by atoms with Crippen molar-refractivity contribution >= 4 is 72.0 Å². The van der Waals surface area contributed by atoms with Gasteiger partial charge in [-0.15, -0.1) is 0 Å². The highest BCUT2D eigenvalue weighted by atomic mass is 19.4. The first kappa shape index (κ1) is 52.7. The van der Waals surface area contributed by atoms with Gasteiger partial charge < -0.3 is 9.13 Å². The molecule has 0 amide bonds. The molecule has 2 heterocycles. The predicted octanol–water partition coefficient (Wildman–Crippen LogP) is 19.8. The topological polar surface area (TPSA) is 127 Å². The summed E-state index contributed by atoms with van der Waals surface area (Å²) in [6, 6.07) is 57.2. The third-order valence-electron chi connectivity index (χ3n) is 15.1. The van der Waals surface area contributed by atoms with E-state index in [2.05, 4.69) is 48.5 Å². The second kappa shape index (κ2) is 20.6. The van der Waals surface area contributed by atoms with Gasteiger partial charge in [0.15, 0.2) is 22.7 Å².